The summed E-state index contributed by atoms with van der Waals surface area (Å²) in [7, 11) is 0. The highest BCUT2D eigenvalue weighted by atomic mass is 32.1. The fourth-order valence-corrected chi connectivity index (χ4v) is 12.1. The van der Waals surface area contributed by atoms with Crippen molar-refractivity contribution in [1.29, 1.82) is 0 Å². The Balaban J connectivity index is 1.17. The molecule has 66 heavy (non-hydrogen) atoms. The van der Waals surface area contributed by atoms with E-state index in [1.165, 1.54) is 113 Å². The molecule has 0 spiro atoms. The first-order valence-electron chi connectivity index (χ1n) is 23.8. The lowest BCUT2D eigenvalue weighted by Crippen LogP contribution is -2.24. The van der Waals surface area contributed by atoms with Crippen LogP contribution in [0.1, 0.15) is 69.2 Å². The second kappa shape index (κ2) is 16.4. The van der Waals surface area contributed by atoms with E-state index in [1.807, 2.05) is 11.3 Å². The van der Waals surface area contributed by atoms with Crippen LogP contribution < -0.4 is 0 Å². The molecule has 4 unspecified atom stereocenters. The van der Waals surface area contributed by atoms with Crippen molar-refractivity contribution in [3.8, 4) is 5.69 Å². The predicted octanol–water partition coefficient (Wildman–Crippen LogP) is 18.2. The average Bonchev–Trinajstić information content (AvgIpc) is 3.88. The number of rotatable bonds is 10. The van der Waals surface area contributed by atoms with Crippen LogP contribution in [0.5, 0.6) is 0 Å². The van der Waals surface area contributed by atoms with E-state index in [-0.39, 0.29) is 23.8 Å². The SMILES string of the molecule is CCC(C)C(/N=C(/c1ccc2ccccc2c1)C(CC)C(C)c1ccc2ccccc2c1)c1cc2sc3ccccc3c2cc1-n1c2cc3ccccc3cc2c2cc3ccccc3cc21. The Bertz CT molecular complexity index is 3770. The van der Waals surface area contributed by atoms with Crippen molar-refractivity contribution in [2.75, 3.05) is 0 Å². The zero-order valence-electron chi connectivity index (χ0n) is 38.0. The number of nitrogens with zero attached hydrogens (tertiary/aromatic N) is 2. The first-order chi connectivity index (χ1) is 32.4. The molecule has 0 amide bonds. The lowest BCUT2D eigenvalue weighted by atomic mass is 9.79. The molecule has 10 aromatic carbocycles. The van der Waals surface area contributed by atoms with Crippen LogP contribution in [0.2, 0.25) is 0 Å². The minimum absolute atomic E-state index is 0.132. The number of benzene rings is 10. The standard InChI is InChI=1S/C63H52N2S/c1-5-39(3)62(64-63(50-30-28-42-18-8-10-20-45(42)32-50)51(6-2)40(4)43-29-27-41-17-7-9-19-44(41)31-43)56-38-61-55(52-25-15-16-26-60(52)66-61)37-59(56)65-57-35-48-23-13-11-21-46(48)33-53(57)54-34-47-22-12-14-24-49(47)36-58(54)65/h7-40,51,62H,5-6H2,1-4H3/b64-63-. The van der Waals surface area contributed by atoms with Gasteiger partial charge in [0.2, 0.25) is 0 Å². The highest BCUT2D eigenvalue weighted by Gasteiger charge is 2.30. The van der Waals surface area contributed by atoms with Gasteiger partial charge in [-0.2, -0.15) is 0 Å². The van der Waals surface area contributed by atoms with Crippen LogP contribution in [0.25, 0.3) is 90.8 Å². The van der Waals surface area contributed by atoms with E-state index in [1.54, 1.807) is 0 Å². The van der Waals surface area contributed by atoms with E-state index in [9.17, 15) is 0 Å². The molecule has 4 atom stereocenters. The molecule has 0 N–H and O–H groups in total. The van der Waals surface area contributed by atoms with Crippen LogP contribution in [0.3, 0.4) is 0 Å². The molecule has 0 aliphatic carbocycles. The smallest absolute Gasteiger partial charge is 0.0798 e. The fourth-order valence-electron chi connectivity index (χ4n) is 11.0. The van der Waals surface area contributed by atoms with Gasteiger partial charge >= 0.3 is 0 Å². The maximum Gasteiger partial charge on any atom is 0.0798 e. The van der Waals surface area contributed by atoms with Crippen molar-refractivity contribution in [2.45, 2.75) is 52.5 Å². The molecule has 12 aromatic rings. The zero-order valence-corrected chi connectivity index (χ0v) is 38.8. The van der Waals surface area contributed by atoms with Gasteiger partial charge < -0.3 is 4.57 Å². The Morgan fingerprint density at radius 2 is 1.00 bits per heavy atom. The van der Waals surface area contributed by atoms with Gasteiger partial charge in [-0.1, -0.05) is 180 Å². The second-order valence-electron chi connectivity index (χ2n) is 18.6. The number of hydrogen-bond acceptors (Lipinski definition) is 2. The molecule has 0 radical (unpaired) electrons. The third-order valence-corrected chi connectivity index (χ3v) is 15.9. The normalized spacial score (nSPS) is 14.3. The molecule has 12 rings (SSSR count). The summed E-state index contributed by atoms with van der Waals surface area (Å²) < 4.78 is 5.21. The molecule has 0 aliphatic rings. The molecule has 3 heteroatoms. The summed E-state index contributed by atoms with van der Waals surface area (Å²) in [6.45, 7) is 9.55. The highest BCUT2D eigenvalue weighted by Crippen LogP contribution is 2.46. The van der Waals surface area contributed by atoms with Gasteiger partial charge in [0.1, 0.15) is 0 Å². The van der Waals surface area contributed by atoms with Gasteiger partial charge in [-0.25, -0.2) is 0 Å². The molecule has 2 aromatic heterocycles. The zero-order chi connectivity index (χ0) is 44.5. The van der Waals surface area contributed by atoms with E-state index in [0.717, 1.165) is 12.8 Å². The number of hydrogen-bond donors (Lipinski definition) is 0. The quantitative estimate of drug-likeness (QED) is 0.122. The summed E-state index contributed by atoms with van der Waals surface area (Å²) >= 11 is 1.90. The Kier molecular flexibility index (Phi) is 10.1. The van der Waals surface area contributed by atoms with Crippen LogP contribution in [-0.4, -0.2) is 10.3 Å². The average molecular weight is 869 g/mol. The Labute approximate surface area is 390 Å². The summed E-state index contributed by atoms with van der Waals surface area (Å²) in [5.74, 6) is 0.640. The largest absolute Gasteiger partial charge is 0.309 e. The first kappa shape index (κ1) is 40.4. The monoisotopic (exact) mass is 868 g/mol. The molecular formula is C63H52N2S. The number of aliphatic imine (C=N–C) groups is 1. The molecule has 0 bridgehead atoms. The summed E-state index contributed by atoms with van der Waals surface area (Å²) in [5, 5.41) is 15.2. The Morgan fingerprint density at radius 3 is 1.61 bits per heavy atom. The Hall–Kier alpha value is -7.07. The lowest BCUT2D eigenvalue weighted by Gasteiger charge is -2.30. The first-order valence-corrected chi connectivity index (χ1v) is 24.6. The number of fused-ring (bicyclic) bond motifs is 10. The molecule has 0 aliphatic heterocycles. The summed E-state index contributed by atoms with van der Waals surface area (Å²) in [4.78, 5) is 6.27. The van der Waals surface area contributed by atoms with Gasteiger partial charge in [0.25, 0.3) is 0 Å². The van der Waals surface area contributed by atoms with Crippen molar-refractivity contribution >= 4 is 102 Å². The van der Waals surface area contributed by atoms with Gasteiger partial charge in [-0.3, -0.25) is 4.99 Å². The van der Waals surface area contributed by atoms with Gasteiger partial charge in [-0.05, 0) is 121 Å². The van der Waals surface area contributed by atoms with Gasteiger partial charge in [0.15, 0.2) is 0 Å². The van der Waals surface area contributed by atoms with Crippen LogP contribution in [0.4, 0.5) is 0 Å². The molecule has 0 fully saturated rings. The van der Waals surface area contributed by atoms with Gasteiger partial charge in [0, 0.05) is 48.1 Å². The van der Waals surface area contributed by atoms with E-state index < -0.39 is 0 Å². The number of thiophene rings is 1. The third-order valence-electron chi connectivity index (χ3n) is 14.8. The van der Waals surface area contributed by atoms with Crippen molar-refractivity contribution in [3.05, 3.63) is 211 Å². The summed E-state index contributed by atoms with van der Waals surface area (Å²) in [6.07, 6.45) is 1.95. The van der Waals surface area contributed by atoms with Gasteiger partial charge in [-0.15, -0.1) is 11.3 Å². The van der Waals surface area contributed by atoms with Gasteiger partial charge in [0.05, 0.1) is 22.8 Å². The highest BCUT2D eigenvalue weighted by molar-refractivity contribution is 7.25. The minimum Gasteiger partial charge on any atom is -0.309 e. The molecule has 2 heterocycles. The minimum atomic E-state index is -0.132. The fraction of sp³-hybridized carbons (Fsp3) is 0.159. The predicted molar refractivity (Wildman–Crippen MR) is 288 cm³/mol. The lowest BCUT2D eigenvalue weighted by molar-refractivity contribution is 0.452. The van der Waals surface area contributed by atoms with Crippen LogP contribution in [0.15, 0.2) is 199 Å². The molecule has 0 saturated carbocycles. The van der Waals surface area contributed by atoms with Crippen LogP contribution in [0, 0.1) is 11.8 Å². The second-order valence-corrected chi connectivity index (χ2v) is 19.7. The summed E-state index contributed by atoms with van der Waals surface area (Å²) in [6, 6.07) is 72.8. The molecular weight excluding hydrogens is 817 g/mol. The van der Waals surface area contributed by atoms with Crippen molar-refractivity contribution < 1.29 is 0 Å². The molecule has 0 saturated heterocycles. The Morgan fingerprint density at radius 1 is 0.470 bits per heavy atom. The molecule has 320 valence electrons. The van der Waals surface area contributed by atoms with E-state index in [2.05, 4.69) is 226 Å². The maximum atomic E-state index is 6.27. The van der Waals surface area contributed by atoms with E-state index in [4.69, 9.17) is 4.99 Å². The van der Waals surface area contributed by atoms with E-state index >= 15 is 0 Å². The van der Waals surface area contributed by atoms with Crippen LogP contribution >= 0.6 is 11.3 Å². The van der Waals surface area contributed by atoms with E-state index in [0.29, 0.717) is 0 Å². The number of aromatic nitrogens is 1. The van der Waals surface area contributed by atoms with Crippen molar-refractivity contribution in [3.63, 3.8) is 0 Å². The van der Waals surface area contributed by atoms with Crippen LogP contribution in [-0.2, 0) is 0 Å². The molecule has 2 nitrogen and oxygen atoms in total. The summed E-state index contributed by atoms with van der Waals surface area (Å²) in [5.41, 5.74) is 8.67. The maximum absolute atomic E-state index is 6.27. The van der Waals surface area contributed by atoms with Crippen molar-refractivity contribution in [2.24, 2.45) is 16.8 Å². The third kappa shape index (κ3) is 6.79. The topological polar surface area (TPSA) is 17.3 Å². The van der Waals surface area contributed by atoms with Crippen molar-refractivity contribution in [1.82, 2.24) is 4.57 Å².